The first kappa shape index (κ1) is 14.3. The summed E-state index contributed by atoms with van der Waals surface area (Å²) in [5, 5.41) is 0. The van der Waals surface area contributed by atoms with Crippen LogP contribution < -0.4 is 11.3 Å². The lowest BCUT2D eigenvalue weighted by atomic mass is 10.3. The van der Waals surface area contributed by atoms with Crippen LogP contribution in [0.15, 0.2) is 0 Å². The number of carbonyl (C=O) groups excluding carboxylic acids is 1. The van der Waals surface area contributed by atoms with Crippen LogP contribution in [0.4, 0.5) is 0 Å². The van der Waals surface area contributed by atoms with Crippen molar-refractivity contribution in [3.8, 4) is 0 Å². The molecule has 0 heterocycles. The third-order valence-electron chi connectivity index (χ3n) is 2.24. The molecule has 0 saturated carbocycles. The number of carbonyl (C=O) groups is 1. The zero-order valence-corrected chi connectivity index (χ0v) is 9.79. The summed E-state index contributed by atoms with van der Waals surface area (Å²) in [4.78, 5) is 13.1. The van der Waals surface area contributed by atoms with E-state index in [2.05, 4.69) is 17.2 Å². The third-order valence-corrected chi connectivity index (χ3v) is 2.24. The van der Waals surface area contributed by atoms with Crippen LogP contribution in [-0.4, -0.2) is 43.7 Å². The van der Waals surface area contributed by atoms with Crippen molar-refractivity contribution >= 4 is 5.91 Å². The monoisotopic (exact) mass is 217 g/mol. The van der Waals surface area contributed by atoms with Crippen molar-refractivity contribution in [1.82, 2.24) is 10.3 Å². The van der Waals surface area contributed by atoms with Gasteiger partial charge >= 0.3 is 0 Å². The number of amides is 1. The van der Waals surface area contributed by atoms with E-state index >= 15 is 0 Å². The van der Waals surface area contributed by atoms with E-state index in [1.807, 2.05) is 6.92 Å². The Balaban J connectivity index is 3.47. The van der Waals surface area contributed by atoms with Gasteiger partial charge in [-0.2, -0.15) is 0 Å². The van der Waals surface area contributed by atoms with Crippen LogP contribution >= 0.6 is 0 Å². The highest BCUT2D eigenvalue weighted by Crippen LogP contribution is 1.95. The van der Waals surface area contributed by atoms with E-state index in [0.717, 1.165) is 39.3 Å². The van der Waals surface area contributed by atoms with Crippen LogP contribution in [0.25, 0.3) is 0 Å². The normalized spacial score (nSPS) is 10.7. The van der Waals surface area contributed by atoms with Crippen LogP contribution in [0.2, 0.25) is 0 Å². The molecule has 0 aromatic rings. The van der Waals surface area contributed by atoms with Crippen molar-refractivity contribution in [2.24, 2.45) is 5.84 Å². The summed E-state index contributed by atoms with van der Waals surface area (Å²) in [6.45, 7) is 8.43. The summed E-state index contributed by atoms with van der Waals surface area (Å²) in [6.07, 6.45) is 1.32. The van der Waals surface area contributed by atoms with Crippen LogP contribution in [0.1, 0.15) is 26.7 Å². The molecule has 0 radical (unpaired) electrons. The molecule has 0 atom stereocenters. The maximum Gasteiger partial charge on any atom is 0.233 e. The summed E-state index contributed by atoms with van der Waals surface area (Å²) in [5.41, 5.74) is 2.13. The van der Waals surface area contributed by atoms with E-state index in [0.29, 0.717) is 6.42 Å². The summed E-state index contributed by atoms with van der Waals surface area (Å²) < 4.78 is 5.27. The van der Waals surface area contributed by atoms with Crippen molar-refractivity contribution in [3.05, 3.63) is 0 Å². The average molecular weight is 217 g/mol. The topological polar surface area (TPSA) is 67.6 Å². The molecule has 0 aliphatic carbocycles. The van der Waals surface area contributed by atoms with Crippen molar-refractivity contribution in [2.45, 2.75) is 26.7 Å². The summed E-state index contributed by atoms with van der Waals surface area (Å²) in [5.74, 6) is 4.89. The van der Waals surface area contributed by atoms with Gasteiger partial charge in [-0.05, 0) is 26.4 Å². The first-order valence-corrected chi connectivity index (χ1v) is 5.54. The van der Waals surface area contributed by atoms with Gasteiger partial charge in [-0.1, -0.05) is 6.92 Å². The fourth-order valence-electron chi connectivity index (χ4n) is 1.30. The zero-order chi connectivity index (χ0) is 11.5. The Bertz CT molecular complexity index is 165. The third kappa shape index (κ3) is 8.35. The van der Waals surface area contributed by atoms with Gasteiger partial charge in [0.2, 0.25) is 5.91 Å². The smallest absolute Gasteiger partial charge is 0.233 e. The van der Waals surface area contributed by atoms with E-state index in [9.17, 15) is 4.79 Å². The molecule has 3 N–H and O–H groups in total. The van der Waals surface area contributed by atoms with Gasteiger partial charge < -0.3 is 9.64 Å². The Kier molecular flexibility index (Phi) is 9.46. The van der Waals surface area contributed by atoms with Crippen molar-refractivity contribution in [2.75, 3.05) is 32.8 Å². The molecule has 90 valence electrons. The Morgan fingerprint density at radius 3 is 2.67 bits per heavy atom. The zero-order valence-electron chi connectivity index (χ0n) is 9.79. The number of rotatable bonds is 9. The Labute approximate surface area is 91.9 Å². The van der Waals surface area contributed by atoms with Gasteiger partial charge in [-0.3, -0.25) is 10.2 Å². The molecule has 0 aromatic heterocycles. The minimum atomic E-state index is -0.101. The average Bonchev–Trinajstić information content (AvgIpc) is 2.26. The number of nitrogens with one attached hydrogen (secondary N) is 1. The van der Waals surface area contributed by atoms with E-state index in [1.54, 1.807) is 0 Å². The first-order chi connectivity index (χ1) is 7.24. The predicted octanol–water partition coefficient (Wildman–Crippen LogP) is 0.115. The second-order valence-electron chi connectivity index (χ2n) is 3.30. The fourth-order valence-corrected chi connectivity index (χ4v) is 1.30. The second kappa shape index (κ2) is 9.89. The lowest BCUT2D eigenvalue weighted by Gasteiger charge is -2.19. The minimum Gasteiger partial charge on any atom is -0.380 e. The second-order valence-corrected chi connectivity index (χ2v) is 3.30. The number of nitrogens with two attached hydrogens (primary N) is 1. The Morgan fingerprint density at radius 2 is 2.13 bits per heavy atom. The lowest BCUT2D eigenvalue weighted by molar-refractivity contribution is -0.121. The fraction of sp³-hybridized carbons (Fsp3) is 0.900. The summed E-state index contributed by atoms with van der Waals surface area (Å²) >= 11 is 0. The largest absolute Gasteiger partial charge is 0.380 e. The maximum atomic E-state index is 10.9. The Hall–Kier alpha value is -0.650. The highest BCUT2D eigenvalue weighted by atomic mass is 16.5. The lowest BCUT2D eigenvalue weighted by Crippen LogP contribution is -2.32. The molecule has 5 heteroatoms. The molecular formula is C10H23N3O2. The highest BCUT2D eigenvalue weighted by Gasteiger charge is 2.03. The Morgan fingerprint density at radius 1 is 1.40 bits per heavy atom. The van der Waals surface area contributed by atoms with Crippen LogP contribution in [0.5, 0.6) is 0 Å². The summed E-state index contributed by atoms with van der Waals surface area (Å²) in [7, 11) is 0. The molecule has 0 aromatic carbocycles. The van der Waals surface area contributed by atoms with Crippen LogP contribution in [-0.2, 0) is 9.53 Å². The van der Waals surface area contributed by atoms with E-state index < -0.39 is 0 Å². The molecule has 5 nitrogen and oxygen atoms in total. The number of likely N-dealkylation sites (N-methyl/N-ethyl adjacent to an activating group) is 1. The van der Waals surface area contributed by atoms with Crippen molar-refractivity contribution in [3.63, 3.8) is 0 Å². The van der Waals surface area contributed by atoms with Gasteiger partial charge in [0.05, 0.1) is 6.61 Å². The molecule has 0 fully saturated rings. The van der Waals surface area contributed by atoms with Gasteiger partial charge in [0.1, 0.15) is 0 Å². The molecule has 0 aliphatic heterocycles. The quantitative estimate of drug-likeness (QED) is 0.249. The molecule has 15 heavy (non-hydrogen) atoms. The van der Waals surface area contributed by atoms with Gasteiger partial charge in [-0.15, -0.1) is 0 Å². The highest BCUT2D eigenvalue weighted by molar-refractivity contribution is 5.75. The number of ether oxygens (including phenoxy) is 1. The molecular weight excluding hydrogens is 194 g/mol. The SMILES string of the molecule is CCOCCN(CC)CCCC(=O)NN. The number of hydrazine groups is 1. The van der Waals surface area contributed by atoms with Crippen molar-refractivity contribution < 1.29 is 9.53 Å². The minimum absolute atomic E-state index is 0.101. The number of hydrogen-bond donors (Lipinski definition) is 2. The van der Waals surface area contributed by atoms with E-state index in [1.165, 1.54) is 0 Å². The molecule has 0 unspecified atom stereocenters. The molecule has 0 spiro atoms. The first-order valence-electron chi connectivity index (χ1n) is 5.54. The van der Waals surface area contributed by atoms with E-state index in [4.69, 9.17) is 10.6 Å². The van der Waals surface area contributed by atoms with Gasteiger partial charge in [0, 0.05) is 19.6 Å². The van der Waals surface area contributed by atoms with Crippen LogP contribution in [0, 0.1) is 0 Å². The molecule has 0 saturated heterocycles. The van der Waals surface area contributed by atoms with Gasteiger partial charge in [-0.25, -0.2) is 5.84 Å². The molecule has 1 amide bonds. The summed E-state index contributed by atoms with van der Waals surface area (Å²) in [6, 6.07) is 0. The molecule has 0 rings (SSSR count). The predicted molar refractivity (Wildman–Crippen MR) is 60.2 cm³/mol. The van der Waals surface area contributed by atoms with Gasteiger partial charge in [0.15, 0.2) is 0 Å². The van der Waals surface area contributed by atoms with Crippen molar-refractivity contribution in [1.29, 1.82) is 0 Å². The maximum absolute atomic E-state index is 10.9. The molecule has 0 aliphatic rings. The van der Waals surface area contributed by atoms with Gasteiger partial charge in [0.25, 0.3) is 0 Å². The number of hydrogen-bond acceptors (Lipinski definition) is 4. The number of nitrogens with zero attached hydrogens (tertiary/aromatic N) is 1. The van der Waals surface area contributed by atoms with Crippen LogP contribution in [0.3, 0.4) is 0 Å². The van der Waals surface area contributed by atoms with E-state index in [-0.39, 0.29) is 5.91 Å². The molecule has 0 bridgehead atoms. The standard InChI is InChI=1S/C10H23N3O2/c1-3-13(8-9-15-4-2)7-5-6-10(14)12-11/h3-9,11H2,1-2H3,(H,12,14).